The smallest absolute Gasteiger partial charge is 0.293 e. The van der Waals surface area contributed by atoms with Gasteiger partial charge in [0.1, 0.15) is 22.1 Å². The van der Waals surface area contributed by atoms with E-state index in [1.54, 1.807) is 30.5 Å². The van der Waals surface area contributed by atoms with Gasteiger partial charge in [-0.3, -0.25) is 19.8 Å². The van der Waals surface area contributed by atoms with Crippen molar-refractivity contribution in [3.63, 3.8) is 0 Å². The van der Waals surface area contributed by atoms with Crippen LogP contribution in [0.5, 0.6) is 11.5 Å². The van der Waals surface area contributed by atoms with Crippen molar-refractivity contribution >= 4 is 61.1 Å². The van der Waals surface area contributed by atoms with Gasteiger partial charge in [0.15, 0.2) is 0 Å². The minimum Gasteiger partial charge on any atom is -0.456 e. The van der Waals surface area contributed by atoms with Crippen LogP contribution < -0.4 is 19.7 Å². The summed E-state index contributed by atoms with van der Waals surface area (Å²) in [5, 5.41) is 16.5. The Bertz CT molecular complexity index is 2630. The lowest BCUT2D eigenvalue weighted by Gasteiger charge is -2.39. The van der Waals surface area contributed by atoms with E-state index in [-0.39, 0.29) is 35.3 Å². The van der Waals surface area contributed by atoms with Crippen LogP contribution in [-0.2, 0) is 10.0 Å². The highest BCUT2D eigenvalue weighted by molar-refractivity contribution is 7.90. The maximum absolute atomic E-state index is 14.1. The number of aromatic amines is 1. The molecule has 1 saturated heterocycles. The number of H-pyrrole nitrogens is 1. The molecule has 12 nitrogen and oxygen atoms in total. The summed E-state index contributed by atoms with van der Waals surface area (Å²) in [6.07, 6.45) is 4.00. The molecule has 0 radical (unpaired) electrons. The number of hydrogen-bond donors (Lipinski definition) is 3. The Morgan fingerprint density at radius 1 is 0.968 bits per heavy atom. The van der Waals surface area contributed by atoms with E-state index < -0.39 is 56.2 Å². The summed E-state index contributed by atoms with van der Waals surface area (Å²) in [6.45, 7) is 8.50. The Morgan fingerprint density at radius 3 is 2.44 bits per heavy atom. The molecule has 62 heavy (non-hydrogen) atoms. The third kappa shape index (κ3) is 9.74. The molecular weight excluding hydrogens is 838 g/mol. The summed E-state index contributed by atoms with van der Waals surface area (Å²) in [5.41, 5.74) is 4.91. The second-order valence-electron chi connectivity index (χ2n) is 17.3. The first kappa shape index (κ1) is 43.2. The number of para-hydroxylation sites is 1. The number of fused-ring (bicyclic) bond motifs is 1. The number of alkyl halides is 2. The molecule has 326 valence electrons. The fraction of sp³-hybridized carbons (Fsp3) is 0.370. The molecule has 1 amide bonds. The van der Waals surface area contributed by atoms with Crippen LogP contribution in [0.15, 0.2) is 102 Å². The number of hydrogen-bond acceptors (Lipinski definition) is 9. The normalized spacial score (nSPS) is 18.4. The number of nitro groups is 1. The molecule has 0 unspecified atom stereocenters. The number of anilines is 2. The average Bonchev–Trinajstić information content (AvgIpc) is 3.71. The van der Waals surface area contributed by atoms with Crippen LogP contribution in [0, 0.1) is 15.5 Å². The van der Waals surface area contributed by atoms with Crippen molar-refractivity contribution in [1.82, 2.24) is 14.6 Å². The van der Waals surface area contributed by atoms with Gasteiger partial charge in [0.25, 0.3) is 21.6 Å². The van der Waals surface area contributed by atoms with Crippen LogP contribution in [-0.4, -0.2) is 73.8 Å². The zero-order valence-electron chi connectivity index (χ0n) is 34.6. The highest BCUT2D eigenvalue weighted by Crippen LogP contribution is 2.44. The molecule has 1 aliphatic heterocycles. The molecular formula is C46H49ClF2N6O6S. The van der Waals surface area contributed by atoms with E-state index in [9.17, 15) is 32.1 Å². The standard InChI is InChI=1S/C46H49ClF2N6O6S/c1-45(2)18-14-32(38(28-45)30-6-8-33(47)9-7-30)29-53-22-24-54(25-23-53)35-10-12-37(41(27-35)61-36-11-13-39-31(26-36)17-21-50-39)44(56)52-62(59,60)42-5-3-4-40(55(57)58)43(42)51-34-15-19-46(48,49)20-16-34/h3-13,17,21,26-27,34,50-51H,14-16,18-20,22-25,28-29H2,1-2H3,(H,52,56). The number of allylic oxidation sites excluding steroid dienone is 1. The quantitative estimate of drug-likeness (QED) is 0.0822. The third-order valence-electron chi connectivity index (χ3n) is 12.3. The maximum atomic E-state index is 14.1. The zero-order chi connectivity index (χ0) is 43.8. The first-order valence-corrected chi connectivity index (χ1v) is 22.7. The second-order valence-corrected chi connectivity index (χ2v) is 19.4. The Kier molecular flexibility index (Phi) is 12.1. The summed E-state index contributed by atoms with van der Waals surface area (Å²) in [7, 11) is -4.76. The second kappa shape index (κ2) is 17.3. The molecule has 2 aliphatic carbocycles. The van der Waals surface area contributed by atoms with E-state index in [0.29, 0.717) is 23.9 Å². The number of benzene rings is 4. The van der Waals surface area contributed by atoms with Crippen LogP contribution in [0.4, 0.5) is 25.8 Å². The minimum atomic E-state index is -4.76. The molecule has 2 fully saturated rings. The predicted molar refractivity (Wildman–Crippen MR) is 238 cm³/mol. The molecule has 0 bridgehead atoms. The number of ether oxygens (including phenoxy) is 1. The Balaban J connectivity index is 1.04. The highest BCUT2D eigenvalue weighted by atomic mass is 35.5. The van der Waals surface area contributed by atoms with Gasteiger partial charge in [0.2, 0.25) is 5.92 Å². The Labute approximate surface area is 364 Å². The van der Waals surface area contributed by atoms with Crippen LogP contribution in [0.1, 0.15) is 74.7 Å². The van der Waals surface area contributed by atoms with Crippen molar-refractivity contribution in [1.29, 1.82) is 0 Å². The molecule has 1 saturated carbocycles. The summed E-state index contributed by atoms with van der Waals surface area (Å²) < 4.78 is 64.3. The molecule has 3 aliphatic rings. The van der Waals surface area contributed by atoms with Crippen LogP contribution in [0.3, 0.4) is 0 Å². The van der Waals surface area contributed by atoms with Gasteiger partial charge < -0.3 is 19.9 Å². The lowest BCUT2D eigenvalue weighted by atomic mass is 9.72. The van der Waals surface area contributed by atoms with Gasteiger partial charge in [0, 0.05) is 91.5 Å². The number of rotatable bonds is 12. The van der Waals surface area contributed by atoms with Gasteiger partial charge in [-0.15, -0.1) is 0 Å². The molecule has 16 heteroatoms. The van der Waals surface area contributed by atoms with Crippen LogP contribution in [0.25, 0.3) is 16.5 Å². The van der Waals surface area contributed by atoms with E-state index in [1.807, 2.05) is 24.3 Å². The van der Waals surface area contributed by atoms with Crippen molar-refractivity contribution in [3.05, 3.63) is 123 Å². The van der Waals surface area contributed by atoms with E-state index in [4.69, 9.17) is 16.3 Å². The lowest BCUT2D eigenvalue weighted by Crippen LogP contribution is -2.47. The SMILES string of the molecule is CC1(C)CCC(CN2CCN(c3ccc(C(=O)NS(=O)(=O)c4cccc([N+](=O)[O-])c4NC4CCC(F)(F)CC4)c(Oc4ccc5[nH]ccc5c4)c3)CC2)=C(c2ccc(Cl)cc2)C1. The zero-order valence-corrected chi connectivity index (χ0v) is 36.1. The first-order valence-electron chi connectivity index (χ1n) is 20.8. The van der Waals surface area contributed by atoms with Crippen molar-refractivity contribution in [2.24, 2.45) is 5.41 Å². The lowest BCUT2D eigenvalue weighted by molar-refractivity contribution is -0.384. The van der Waals surface area contributed by atoms with Gasteiger partial charge >= 0.3 is 0 Å². The number of aromatic nitrogens is 1. The van der Waals surface area contributed by atoms with E-state index in [2.05, 4.69) is 50.8 Å². The molecule has 3 N–H and O–H groups in total. The van der Waals surface area contributed by atoms with Crippen molar-refractivity contribution in [2.75, 3.05) is 42.9 Å². The third-order valence-corrected chi connectivity index (χ3v) is 13.9. The predicted octanol–water partition coefficient (Wildman–Crippen LogP) is 10.4. The van der Waals surface area contributed by atoms with Crippen molar-refractivity contribution in [2.45, 2.75) is 75.7 Å². The number of nitrogens with zero attached hydrogens (tertiary/aromatic N) is 3. The number of sulfonamides is 1. The van der Waals surface area contributed by atoms with Crippen LogP contribution >= 0.6 is 11.6 Å². The molecule has 0 spiro atoms. The number of amides is 1. The number of piperazine rings is 1. The molecule has 8 rings (SSSR count). The fourth-order valence-electron chi connectivity index (χ4n) is 8.76. The van der Waals surface area contributed by atoms with E-state index in [0.717, 1.165) is 67.6 Å². The first-order chi connectivity index (χ1) is 29.5. The highest BCUT2D eigenvalue weighted by Gasteiger charge is 2.37. The van der Waals surface area contributed by atoms with Crippen molar-refractivity contribution in [3.8, 4) is 11.5 Å². The van der Waals surface area contributed by atoms with E-state index >= 15 is 0 Å². The monoisotopic (exact) mass is 886 g/mol. The minimum absolute atomic E-state index is 0.0244. The molecule has 2 heterocycles. The van der Waals surface area contributed by atoms with Crippen molar-refractivity contribution < 1.29 is 31.7 Å². The topological polar surface area (TPSA) is 150 Å². The van der Waals surface area contributed by atoms with Crippen LogP contribution in [0.2, 0.25) is 5.02 Å². The summed E-state index contributed by atoms with van der Waals surface area (Å²) >= 11 is 6.24. The maximum Gasteiger partial charge on any atom is 0.293 e. The molecule has 0 atom stereocenters. The molecule has 5 aromatic rings. The Hall–Kier alpha value is -5.51. The number of nitrogens with one attached hydrogen (secondary N) is 3. The number of nitro benzene ring substituents is 1. The number of carbonyl (C=O) groups excluding carboxylic acids is 1. The van der Waals surface area contributed by atoms with Gasteiger partial charge in [-0.25, -0.2) is 21.9 Å². The fourth-order valence-corrected chi connectivity index (χ4v) is 10.0. The van der Waals surface area contributed by atoms with Gasteiger partial charge in [-0.1, -0.05) is 49.2 Å². The molecule has 1 aromatic heterocycles. The van der Waals surface area contributed by atoms with Gasteiger partial charge in [0.05, 0.1) is 10.5 Å². The largest absolute Gasteiger partial charge is 0.456 e. The van der Waals surface area contributed by atoms with E-state index in [1.165, 1.54) is 28.8 Å². The number of carbonyl (C=O) groups is 1. The number of halogens is 3. The average molecular weight is 887 g/mol. The van der Waals surface area contributed by atoms with Gasteiger partial charge in [-0.2, -0.15) is 0 Å². The molecule has 4 aromatic carbocycles. The summed E-state index contributed by atoms with van der Waals surface area (Å²) in [5.74, 6) is -3.36. The Morgan fingerprint density at radius 2 is 1.71 bits per heavy atom. The van der Waals surface area contributed by atoms with Gasteiger partial charge in [-0.05, 0) is 103 Å². The summed E-state index contributed by atoms with van der Waals surface area (Å²) in [6, 6.07) is 23.2. The summed E-state index contributed by atoms with van der Waals surface area (Å²) in [4.78, 5) is 32.6.